The van der Waals surface area contributed by atoms with Crippen molar-refractivity contribution in [2.24, 2.45) is 0 Å². The first-order valence-electron chi connectivity index (χ1n) is 19.4. The fourth-order valence-electron chi connectivity index (χ4n) is 6.17. The first-order chi connectivity index (χ1) is 32.6. The van der Waals surface area contributed by atoms with Gasteiger partial charge in [0.15, 0.2) is 11.5 Å². The van der Waals surface area contributed by atoms with Gasteiger partial charge in [0.2, 0.25) is 11.4 Å². The van der Waals surface area contributed by atoms with Crippen LogP contribution in [0.4, 0.5) is 0 Å². The number of pyridine rings is 2. The Labute approximate surface area is 400 Å². The zero-order chi connectivity index (χ0) is 48.6. The molecule has 2 N–H and O–H groups in total. The second-order valence-electron chi connectivity index (χ2n) is 14.0. The molecule has 0 atom stereocenters. The molecule has 0 amide bonds. The lowest BCUT2D eigenvalue weighted by Gasteiger charge is -2.13. The Morgan fingerprint density at radius 3 is 1.43 bits per heavy atom. The molecule has 0 aliphatic rings. The van der Waals surface area contributed by atoms with E-state index in [1.807, 2.05) is 70.6 Å². The molecule has 8 rings (SSSR count). The highest BCUT2D eigenvalue weighted by Gasteiger charge is 2.20. The molecule has 0 saturated heterocycles. The van der Waals surface area contributed by atoms with Crippen molar-refractivity contribution < 1.29 is 19.0 Å². The van der Waals surface area contributed by atoms with Crippen LogP contribution in [-0.2, 0) is 17.8 Å². The van der Waals surface area contributed by atoms with Crippen LogP contribution in [0.5, 0.6) is 23.0 Å². The van der Waals surface area contributed by atoms with Gasteiger partial charge in [-0.05, 0) is 47.5 Å². The fraction of sp³-hybridized carbons (Fsp3) is 0.0667. The second kappa shape index (κ2) is 20.9. The average molecular weight is 998 g/mol. The number of carbonyl (C=O) groups excluding carboxylic acids is 1. The number of methoxy groups -OCH3 is 1. The SMILES string of the molecule is COC(=O)c1nn(-c2cc(Cl)c(Oc3ccc(=O)n(Cc4ccccc4)c3)c(Cl)c2)c(=O)[nH]c1=O.N#Cc1nn(-c2cc(Cl)c(Oc3ccc(=O)n(Cc4ccccc4)c3)c(Cl)c2)c(=O)[nH]c1=O. The van der Waals surface area contributed by atoms with Crippen LogP contribution in [0.25, 0.3) is 11.4 Å². The van der Waals surface area contributed by atoms with Gasteiger partial charge in [-0.1, -0.05) is 107 Å². The molecule has 0 aliphatic carbocycles. The first-order valence-corrected chi connectivity index (χ1v) is 20.9. The number of nitriles is 1. The van der Waals surface area contributed by atoms with E-state index in [1.54, 1.807) is 6.07 Å². The first kappa shape index (κ1) is 47.7. The predicted molar refractivity (Wildman–Crippen MR) is 250 cm³/mol. The number of carbonyl (C=O) groups is 1. The molecule has 4 aromatic carbocycles. The minimum absolute atomic E-state index is 0.00725. The molecular weight excluding hydrogens is 968 g/mol. The molecule has 4 aromatic heterocycles. The summed E-state index contributed by atoms with van der Waals surface area (Å²) in [4.78, 5) is 88.1. The van der Waals surface area contributed by atoms with Gasteiger partial charge < -0.3 is 23.3 Å². The largest absolute Gasteiger partial charge is 0.464 e. The quantitative estimate of drug-likeness (QED) is 0.139. The molecule has 4 heterocycles. The van der Waals surface area contributed by atoms with Crippen molar-refractivity contribution in [2.45, 2.75) is 13.1 Å². The molecule has 68 heavy (non-hydrogen) atoms. The summed E-state index contributed by atoms with van der Waals surface area (Å²) in [7, 11) is 1.07. The lowest BCUT2D eigenvalue weighted by atomic mass is 10.2. The van der Waals surface area contributed by atoms with E-state index < -0.39 is 39.9 Å². The van der Waals surface area contributed by atoms with E-state index in [-0.39, 0.29) is 54.1 Å². The van der Waals surface area contributed by atoms with Gasteiger partial charge in [-0.2, -0.15) is 19.7 Å². The number of halogens is 4. The van der Waals surface area contributed by atoms with E-state index in [4.69, 9.17) is 61.1 Å². The van der Waals surface area contributed by atoms with Gasteiger partial charge in [-0.25, -0.2) is 14.4 Å². The highest BCUT2D eigenvalue weighted by molar-refractivity contribution is 6.38. The fourth-order valence-corrected chi connectivity index (χ4v) is 7.27. The molecule has 0 fully saturated rings. The summed E-state index contributed by atoms with van der Waals surface area (Å²) in [5, 5.41) is 16.6. The van der Waals surface area contributed by atoms with Crippen LogP contribution < -0.4 is 43.1 Å². The summed E-state index contributed by atoms with van der Waals surface area (Å²) in [6.45, 7) is 0.680. The lowest BCUT2D eigenvalue weighted by Crippen LogP contribution is -2.36. The van der Waals surface area contributed by atoms with Crippen molar-refractivity contribution >= 4 is 52.4 Å². The Balaban J connectivity index is 0.000000202. The Morgan fingerprint density at radius 2 is 1.01 bits per heavy atom. The third-order valence-electron chi connectivity index (χ3n) is 9.34. The highest BCUT2D eigenvalue weighted by Crippen LogP contribution is 2.39. The van der Waals surface area contributed by atoms with Crippen molar-refractivity contribution in [3.63, 3.8) is 0 Å². The van der Waals surface area contributed by atoms with Crippen molar-refractivity contribution in [3.8, 4) is 40.4 Å². The van der Waals surface area contributed by atoms with E-state index in [0.29, 0.717) is 24.6 Å². The van der Waals surface area contributed by atoms with Crippen molar-refractivity contribution in [2.75, 3.05) is 7.11 Å². The van der Waals surface area contributed by atoms with E-state index in [1.165, 1.54) is 70.1 Å². The van der Waals surface area contributed by atoms with E-state index >= 15 is 0 Å². The van der Waals surface area contributed by atoms with Gasteiger partial charge in [0.05, 0.1) is 64.1 Å². The molecular formula is C45H29Cl4N9O10. The maximum Gasteiger partial charge on any atom is 0.364 e. The van der Waals surface area contributed by atoms with Crippen LogP contribution in [0.2, 0.25) is 20.1 Å². The Morgan fingerprint density at radius 1 is 0.603 bits per heavy atom. The molecule has 23 heteroatoms. The van der Waals surface area contributed by atoms with Crippen molar-refractivity contribution in [1.29, 1.82) is 5.26 Å². The van der Waals surface area contributed by atoms with Crippen LogP contribution in [0.15, 0.2) is 150 Å². The molecule has 19 nitrogen and oxygen atoms in total. The minimum Gasteiger partial charge on any atom is -0.464 e. The summed E-state index contributed by atoms with van der Waals surface area (Å²) in [5.74, 6) is -0.266. The number of hydrogen-bond donors (Lipinski definition) is 2. The second-order valence-corrected chi connectivity index (χ2v) is 15.6. The van der Waals surface area contributed by atoms with Crippen molar-refractivity contribution in [3.05, 3.63) is 227 Å². The summed E-state index contributed by atoms with van der Waals surface area (Å²) in [5.41, 5.74) is -3.20. The molecule has 0 spiro atoms. The van der Waals surface area contributed by atoms with Gasteiger partial charge in [0, 0.05) is 12.1 Å². The molecule has 8 aromatic rings. The normalized spacial score (nSPS) is 10.6. The molecule has 0 radical (unpaired) electrons. The molecule has 0 unspecified atom stereocenters. The molecule has 342 valence electrons. The third-order valence-corrected chi connectivity index (χ3v) is 10.5. The number of H-pyrrole nitrogens is 2. The highest BCUT2D eigenvalue weighted by atomic mass is 35.5. The van der Waals surface area contributed by atoms with Gasteiger partial charge in [-0.3, -0.25) is 29.1 Å². The van der Waals surface area contributed by atoms with E-state index in [9.17, 15) is 33.6 Å². The van der Waals surface area contributed by atoms with Gasteiger partial charge in [-0.15, -0.1) is 5.10 Å². The van der Waals surface area contributed by atoms with E-state index in [0.717, 1.165) is 27.6 Å². The Hall–Kier alpha value is -8.28. The van der Waals surface area contributed by atoms with Crippen LogP contribution in [0, 0.1) is 11.3 Å². The number of esters is 1. The summed E-state index contributed by atoms with van der Waals surface area (Å²) >= 11 is 25.4. The smallest absolute Gasteiger partial charge is 0.364 e. The maximum atomic E-state index is 12.3. The zero-order valence-electron chi connectivity index (χ0n) is 34.7. The predicted octanol–water partition coefficient (Wildman–Crippen LogP) is 6.12. The van der Waals surface area contributed by atoms with Crippen LogP contribution >= 0.6 is 46.4 Å². The number of nitrogens with zero attached hydrogens (tertiary/aromatic N) is 7. The Bertz CT molecular complexity index is 3600. The van der Waals surface area contributed by atoms with Crippen molar-refractivity contribution in [1.82, 2.24) is 38.7 Å². The summed E-state index contributed by atoms with van der Waals surface area (Å²) in [6, 6.07) is 31.5. The number of ether oxygens (including phenoxy) is 3. The number of benzene rings is 4. The zero-order valence-corrected chi connectivity index (χ0v) is 37.7. The van der Waals surface area contributed by atoms with Gasteiger partial charge >= 0.3 is 17.3 Å². The monoisotopic (exact) mass is 995 g/mol. The number of nitrogens with one attached hydrogen (secondary N) is 2. The van der Waals surface area contributed by atoms with Crippen LogP contribution in [-0.4, -0.2) is 51.7 Å². The molecule has 0 aliphatic heterocycles. The molecule has 0 bridgehead atoms. The van der Waals surface area contributed by atoms with Gasteiger partial charge in [0.25, 0.3) is 22.2 Å². The van der Waals surface area contributed by atoms with Crippen LogP contribution in [0.1, 0.15) is 27.3 Å². The maximum absolute atomic E-state index is 12.3. The number of hydrogen-bond acceptors (Lipinski definition) is 13. The topological polar surface area (TPSA) is 248 Å². The third kappa shape index (κ3) is 11.0. The Kier molecular flexibility index (Phi) is 14.7. The summed E-state index contributed by atoms with van der Waals surface area (Å²) < 4.78 is 20.6. The minimum atomic E-state index is -1.03. The lowest BCUT2D eigenvalue weighted by molar-refractivity contribution is 0.0589. The number of aromatic nitrogens is 8. The number of rotatable bonds is 11. The molecule has 0 saturated carbocycles. The standard InChI is InChI=1S/C23H16Cl2N4O6.C22H13Cl2N5O4/c1-34-22(32)19-21(31)26-23(33)29(27-19)14-9-16(24)20(17(25)10-14)35-15-7-8-18(30)28(12-15)11-13-5-3-2-4-6-13;23-16-8-14(29-22(32)26-21(31)18(10-25)27-29)9-17(24)20(16)33-15-6-7-19(30)28(12-15)11-13-4-2-1-3-5-13/h2-10,12H,11H2,1H3,(H,26,31,33);1-9,12H,11H2,(H,26,31,32). The van der Waals surface area contributed by atoms with Crippen LogP contribution in [0.3, 0.4) is 0 Å². The van der Waals surface area contributed by atoms with E-state index in [2.05, 4.69) is 14.9 Å². The summed E-state index contributed by atoms with van der Waals surface area (Å²) in [6.07, 6.45) is 3.05. The average Bonchev–Trinajstić information content (AvgIpc) is 3.31. The van der Waals surface area contributed by atoms with Gasteiger partial charge in [0.1, 0.15) is 17.6 Å². The number of aromatic amines is 2.